The Morgan fingerprint density at radius 2 is 2.11 bits per heavy atom. The molecule has 6 nitrogen and oxygen atoms in total. The molecule has 92 valence electrons. The number of aromatic nitrogens is 2. The van der Waals surface area contributed by atoms with Crippen LogP contribution in [-0.4, -0.2) is 26.7 Å². The van der Waals surface area contributed by atoms with Crippen molar-refractivity contribution >= 4 is 27.7 Å². The lowest BCUT2D eigenvalue weighted by atomic mass is 10.1. The van der Waals surface area contributed by atoms with Gasteiger partial charge in [0.15, 0.2) is 5.78 Å². The zero-order chi connectivity index (χ0) is 13.3. The number of hydrogen-bond donors (Lipinski definition) is 2. The number of hydrogen-bond acceptors (Lipinski definition) is 4. The normalized spacial score (nSPS) is 10.3. The lowest BCUT2D eigenvalue weighted by Crippen LogP contribution is -2.19. The van der Waals surface area contributed by atoms with Crippen molar-refractivity contribution in [3.63, 3.8) is 0 Å². The molecule has 3 N–H and O–H groups in total. The van der Waals surface area contributed by atoms with Crippen molar-refractivity contribution in [2.45, 2.75) is 0 Å². The molecule has 0 bridgehead atoms. The third kappa shape index (κ3) is 2.25. The number of halogens is 1. The third-order valence-corrected chi connectivity index (χ3v) is 2.77. The topological polar surface area (TPSA) is 98.2 Å². The minimum atomic E-state index is -0.785. The lowest BCUT2D eigenvalue weighted by molar-refractivity contribution is 0.103. The summed E-state index contributed by atoms with van der Waals surface area (Å²) in [6.07, 6.45) is 2.43. The molecule has 2 rings (SSSR count). The van der Waals surface area contributed by atoms with E-state index in [1.165, 1.54) is 24.5 Å². The van der Waals surface area contributed by atoms with Gasteiger partial charge in [0.05, 0.1) is 17.3 Å². The molecule has 1 heterocycles. The zero-order valence-electron chi connectivity index (χ0n) is 9.00. The molecule has 0 aliphatic heterocycles. The van der Waals surface area contributed by atoms with E-state index < -0.39 is 11.8 Å². The fourth-order valence-electron chi connectivity index (χ4n) is 1.41. The summed E-state index contributed by atoms with van der Waals surface area (Å²) in [6.45, 7) is 0. The number of phenols is 1. The molecule has 1 aromatic heterocycles. The molecule has 0 unspecified atom stereocenters. The molecule has 0 atom stereocenters. The smallest absolute Gasteiger partial charge is 0.339 e. The Kier molecular flexibility index (Phi) is 3.15. The van der Waals surface area contributed by atoms with Gasteiger partial charge in [0.25, 0.3) is 0 Å². The maximum atomic E-state index is 12.1. The van der Waals surface area contributed by atoms with Crippen molar-refractivity contribution in [3.05, 3.63) is 46.2 Å². The Balaban J connectivity index is 2.41. The van der Waals surface area contributed by atoms with Gasteiger partial charge in [0.1, 0.15) is 5.75 Å². The standard InChI is InChI=1S/C11H8BrN3O3/c12-7-1-2-9(16)8(3-7)10(17)6-4-14-15(5-6)11(13)18/h1-5,16H,(H2,13,18). The van der Waals surface area contributed by atoms with E-state index in [0.717, 1.165) is 4.68 Å². The lowest BCUT2D eigenvalue weighted by Gasteiger charge is -2.02. The van der Waals surface area contributed by atoms with Crippen molar-refractivity contribution in [2.24, 2.45) is 5.73 Å². The van der Waals surface area contributed by atoms with Gasteiger partial charge in [0.2, 0.25) is 0 Å². The molecule has 0 spiro atoms. The Morgan fingerprint density at radius 1 is 1.39 bits per heavy atom. The average Bonchev–Trinajstić information content (AvgIpc) is 2.81. The van der Waals surface area contributed by atoms with Gasteiger partial charge in [-0.15, -0.1) is 0 Å². The number of nitrogens with two attached hydrogens (primary N) is 1. The SMILES string of the molecule is NC(=O)n1cc(C(=O)c2cc(Br)ccc2O)cn1. The molecular weight excluding hydrogens is 302 g/mol. The molecule has 0 aliphatic carbocycles. The fourth-order valence-corrected chi connectivity index (χ4v) is 1.77. The van der Waals surface area contributed by atoms with Crippen LogP contribution in [-0.2, 0) is 0 Å². The van der Waals surface area contributed by atoms with Crippen LogP contribution in [0.15, 0.2) is 35.1 Å². The largest absolute Gasteiger partial charge is 0.507 e. The van der Waals surface area contributed by atoms with Gasteiger partial charge in [-0.1, -0.05) is 15.9 Å². The van der Waals surface area contributed by atoms with E-state index in [9.17, 15) is 14.7 Å². The van der Waals surface area contributed by atoms with Gasteiger partial charge in [0, 0.05) is 10.7 Å². The van der Waals surface area contributed by atoms with Gasteiger partial charge in [-0.05, 0) is 18.2 Å². The molecule has 2 aromatic rings. The van der Waals surface area contributed by atoms with Crippen LogP contribution in [0, 0.1) is 0 Å². The molecule has 0 aliphatic rings. The van der Waals surface area contributed by atoms with Crippen molar-refractivity contribution in [3.8, 4) is 5.75 Å². The highest BCUT2D eigenvalue weighted by Gasteiger charge is 2.16. The fraction of sp³-hybridized carbons (Fsp3) is 0. The van der Waals surface area contributed by atoms with Gasteiger partial charge in [-0.3, -0.25) is 4.79 Å². The summed E-state index contributed by atoms with van der Waals surface area (Å²) in [5.74, 6) is -0.587. The number of ketones is 1. The highest BCUT2D eigenvalue weighted by atomic mass is 79.9. The van der Waals surface area contributed by atoms with Crippen LogP contribution in [0.5, 0.6) is 5.75 Å². The van der Waals surface area contributed by atoms with Crippen LogP contribution < -0.4 is 5.73 Å². The number of carbonyl (C=O) groups excluding carboxylic acids is 2. The monoisotopic (exact) mass is 309 g/mol. The molecule has 1 aromatic carbocycles. The second-order valence-electron chi connectivity index (χ2n) is 3.50. The van der Waals surface area contributed by atoms with E-state index in [1.54, 1.807) is 6.07 Å². The van der Waals surface area contributed by atoms with Crippen molar-refractivity contribution in [1.29, 1.82) is 0 Å². The summed E-state index contributed by atoms with van der Waals surface area (Å²) in [5, 5.41) is 13.3. The van der Waals surface area contributed by atoms with Crippen molar-refractivity contribution in [2.75, 3.05) is 0 Å². The van der Waals surface area contributed by atoms with Crippen LogP contribution in [0.2, 0.25) is 0 Å². The minimum absolute atomic E-state index is 0.119. The number of primary amides is 1. The molecule has 18 heavy (non-hydrogen) atoms. The van der Waals surface area contributed by atoms with Crippen LogP contribution in [0.4, 0.5) is 4.79 Å². The molecule has 0 saturated heterocycles. The van der Waals surface area contributed by atoms with Gasteiger partial charge in [-0.2, -0.15) is 9.78 Å². The first-order valence-electron chi connectivity index (χ1n) is 4.86. The third-order valence-electron chi connectivity index (χ3n) is 2.27. The second-order valence-corrected chi connectivity index (χ2v) is 4.42. The van der Waals surface area contributed by atoms with E-state index in [4.69, 9.17) is 5.73 Å². The summed E-state index contributed by atoms with van der Waals surface area (Å²) in [5.41, 5.74) is 5.30. The molecule has 1 amide bonds. The maximum Gasteiger partial charge on any atom is 0.339 e. The summed E-state index contributed by atoms with van der Waals surface area (Å²) in [6, 6.07) is 3.71. The first kappa shape index (κ1) is 12.3. The van der Waals surface area contributed by atoms with Crippen LogP contribution in [0.3, 0.4) is 0 Å². The Bertz CT molecular complexity index is 636. The van der Waals surface area contributed by atoms with E-state index >= 15 is 0 Å². The summed E-state index contributed by atoms with van der Waals surface area (Å²) >= 11 is 3.21. The second kappa shape index (κ2) is 4.61. The van der Waals surface area contributed by atoms with Gasteiger partial charge < -0.3 is 10.8 Å². The van der Waals surface area contributed by atoms with Crippen LogP contribution in [0.25, 0.3) is 0 Å². The number of rotatable bonds is 2. The zero-order valence-corrected chi connectivity index (χ0v) is 10.6. The van der Waals surface area contributed by atoms with E-state index in [1.807, 2.05) is 0 Å². The Morgan fingerprint density at radius 3 is 2.72 bits per heavy atom. The maximum absolute atomic E-state index is 12.1. The first-order chi connectivity index (χ1) is 8.49. The van der Waals surface area contributed by atoms with Crippen molar-refractivity contribution in [1.82, 2.24) is 9.78 Å². The number of aromatic hydroxyl groups is 1. The number of amides is 1. The number of phenolic OH excluding ortho intramolecular Hbond substituents is 1. The minimum Gasteiger partial charge on any atom is -0.507 e. The predicted molar refractivity (Wildman–Crippen MR) is 66.4 cm³/mol. The first-order valence-corrected chi connectivity index (χ1v) is 5.66. The Hall–Kier alpha value is -2.15. The number of nitrogens with zero attached hydrogens (tertiary/aromatic N) is 2. The van der Waals surface area contributed by atoms with E-state index in [-0.39, 0.29) is 16.9 Å². The summed E-state index contributed by atoms with van der Waals surface area (Å²) in [7, 11) is 0. The van der Waals surface area contributed by atoms with Crippen LogP contribution >= 0.6 is 15.9 Å². The Labute approximate surface area is 110 Å². The quantitative estimate of drug-likeness (QED) is 0.821. The van der Waals surface area contributed by atoms with E-state index in [0.29, 0.717) is 4.47 Å². The van der Waals surface area contributed by atoms with Gasteiger partial charge in [-0.25, -0.2) is 4.79 Å². The van der Waals surface area contributed by atoms with E-state index in [2.05, 4.69) is 21.0 Å². The number of carbonyl (C=O) groups is 2. The summed E-state index contributed by atoms with van der Waals surface area (Å²) < 4.78 is 1.51. The molecule has 0 radical (unpaired) electrons. The van der Waals surface area contributed by atoms with Crippen molar-refractivity contribution < 1.29 is 14.7 Å². The predicted octanol–water partition coefficient (Wildman–Crippen LogP) is 1.51. The van der Waals surface area contributed by atoms with Crippen LogP contribution in [0.1, 0.15) is 15.9 Å². The molecule has 7 heteroatoms. The molecule has 0 saturated carbocycles. The highest BCUT2D eigenvalue weighted by molar-refractivity contribution is 9.10. The molecule has 0 fully saturated rings. The van der Waals surface area contributed by atoms with Gasteiger partial charge >= 0.3 is 6.03 Å². The highest BCUT2D eigenvalue weighted by Crippen LogP contribution is 2.24. The summed E-state index contributed by atoms with van der Waals surface area (Å²) in [4.78, 5) is 22.9. The average molecular weight is 310 g/mol. The number of benzene rings is 1. The molecular formula is C11H8BrN3O3.